The van der Waals surface area contributed by atoms with Gasteiger partial charge in [0.1, 0.15) is 0 Å². The van der Waals surface area contributed by atoms with Crippen LogP contribution in [-0.4, -0.2) is 24.4 Å². The van der Waals surface area contributed by atoms with E-state index in [1.54, 1.807) is 24.3 Å². The molecule has 0 heterocycles. The molecule has 0 aliphatic carbocycles. The Balaban J connectivity index is 1.94. The number of hydrogen-bond donors (Lipinski definition) is 2. The van der Waals surface area contributed by atoms with E-state index in [0.29, 0.717) is 23.5 Å². The monoisotopic (exact) mass is 386 g/mol. The van der Waals surface area contributed by atoms with Gasteiger partial charge >= 0.3 is 6.09 Å². The van der Waals surface area contributed by atoms with Crippen LogP contribution in [0.25, 0.3) is 0 Å². The van der Waals surface area contributed by atoms with Gasteiger partial charge in [-0.05, 0) is 47.6 Å². The van der Waals surface area contributed by atoms with E-state index in [1.807, 2.05) is 49.9 Å². The van der Waals surface area contributed by atoms with E-state index in [-0.39, 0.29) is 11.8 Å². The van der Waals surface area contributed by atoms with Gasteiger partial charge in [0.25, 0.3) is 5.91 Å². The van der Waals surface area contributed by atoms with Gasteiger partial charge in [0.05, 0.1) is 6.61 Å². The van der Waals surface area contributed by atoms with Crippen LogP contribution in [0.2, 0.25) is 0 Å². The first kappa shape index (κ1) is 20.8. The summed E-state index contributed by atoms with van der Waals surface area (Å²) >= 11 is 1.84. The van der Waals surface area contributed by atoms with Crippen molar-refractivity contribution in [1.82, 2.24) is 0 Å². The van der Waals surface area contributed by atoms with Gasteiger partial charge < -0.3 is 10.1 Å². The van der Waals surface area contributed by atoms with Gasteiger partial charge in [-0.1, -0.05) is 39.0 Å². The second-order valence-electron chi connectivity index (χ2n) is 6.49. The fourth-order valence-corrected chi connectivity index (χ4v) is 2.88. The van der Waals surface area contributed by atoms with Gasteiger partial charge in [0, 0.05) is 22.7 Å². The summed E-state index contributed by atoms with van der Waals surface area (Å²) in [6.45, 7) is 6.42. The fourth-order valence-electron chi connectivity index (χ4n) is 2.25. The maximum Gasteiger partial charge on any atom is 0.411 e. The molecular weight excluding hydrogens is 360 g/mol. The topological polar surface area (TPSA) is 67.4 Å². The Labute approximate surface area is 164 Å². The molecule has 0 fully saturated rings. The first-order chi connectivity index (χ1) is 13.0. The van der Waals surface area contributed by atoms with Crippen molar-refractivity contribution >= 4 is 35.1 Å². The smallest absolute Gasteiger partial charge is 0.411 e. The van der Waals surface area contributed by atoms with E-state index < -0.39 is 6.09 Å². The molecule has 27 heavy (non-hydrogen) atoms. The van der Waals surface area contributed by atoms with Gasteiger partial charge in [-0.2, -0.15) is 11.8 Å². The highest BCUT2D eigenvalue weighted by Crippen LogP contribution is 2.17. The Hall–Kier alpha value is -2.47. The van der Waals surface area contributed by atoms with Crippen molar-refractivity contribution in [1.29, 1.82) is 0 Å². The number of carbonyl (C=O) groups is 2. The minimum atomic E-state index is -0.507. The lowest BCUT2D eigenvalue weighted by Gasteiger charge is -2.10. The Morgan fingerprint density at radius 2 is 1.70 bits per heavy atom. The molecule has 2 rings (SSSR count). The number of amides is 2. The molecule has 0 aliphatic rings. The molecule has 0 bridgehead atoms. The molecular formula is C21H26N2O3S. The maximum absolute atomic E-state index is 12.4. The third-order valence-electron chi connectivity index (χ3n) is 3.60. The number of nitrogens with one attached hydrogen (secondary N) is 2. The summed E-state index contributed by atoms with van der Waals surface area (Å²) in [5.74, 6) is 2.09. The van der Waals surface area contributed by atoms with E-state index >= 15 is 0 Å². The Morgan fingerprint density at radius 3 is 2.33 bits per heavy atom. The minimum absolute atomic E-state index is 0.191. The van der Waals surface area contributed by atoms with Crippen LogP contribution in [0.5, 0.6) is 0 Å². The third-order valence-corrected chi connectivity index (χ3v) is 4.55. The first-order valence-corrected chi connectivity index (χ1v) is 10.1. The summed E-state index contributed by atoms with van der Waals surface area (Å²) in [5, 5.41) is 5.51. The molecule has 2 N–H and O–H groups in total. The van der Waals surface area contributed by atoms with Crippen LogP contribution in [0.4, 0.5) is 16.2 Å². The van der Waals surface area contributed by atoms with Gasteiger partial charge in [0.15, 0.2) is 0 Å². The van der Waals surface area contributed by atoms with Crippen molar-refractivity contribution in [3.05, 3.63) is 59.7 Å². The van der Waals surface area contributed by atoms with Gasteiger partial charge in [-0.15, -0.1) is 0 Å². The van der Waals surface area contributed by atoms with Crippen molar-refractivity contribution in [3.8, 4) is 0 Å². The van der Waals surface area contributed by atoms with Crippen LogP contribution in [0.15, 0.2) is 48.5 Å². The normalized spacial score (nSPS) is 10.5. The highest BCUT2D eigenvalue weighted by molar-refractivity contribution is 7.98. The molecule has 0 atom stereocenters. The molecule has 2 amide bonds. The summed E-state index contributed by atoms with van der Waals surface area (Å²) in [6.07, 6.45) is -0.507. The zero-order valence-corrected chi connectivity index (χ0v) is 16.8. The van der Waals surface area contributed by atoms with Crippen LogP contribution < -0.4 is 10.6 Å². The van der Waals surface area contributed by atoms with Gasteiger partial charge in [0.2, 0.25) is 0 Å². The SMILES string of the molecule is CCSCc1ccc(C(=O)Nc2cccc(NC(=O)OCC(C)C)c2)cc1. The van der Waals surface area contributed by atoms with E-state index in [9.17, 15) is 9.59 Å². The average Bonchev–Trinajstić information content (AvgIpc) is 2.65. The summed E-state index contributed by atoms with van der Waals surface area (Å²) < 4.78 is 5.10. The second-order valence-corrected chi connectivity index (χ2v) is 7.76. The van der Waals surface area contributed by atoms with Crippen LogP contribution in [0.3, 0.4) is 0 Å². The van der Waals surface area contributed by atoms with Crippen molar-refractivity contribution in [3.63, 3.8) is 0 Å². The number of ether oxygens (including phenoxy) is 1. The number of anilines is 2. The molecule has 144 valence electrons. The maximum atomic E-state index is 12.4. The van der Waals surface area contributed by atoms with Gasteiger partial charge in [-0.3, -0.25) is 10.1 Å². The molecule has 0 unspecified atom stereocenters. The molecule has 2 aromatic carbocycles. The third kappa shape index (κ3) is 7.35. The molecule has 5 nitrogen and oxygen atoms in total. The van der Waals surface area contributed by atoms with Crippen molar-refractivity contribution in [2.24, 2.45) is 5.92 Å². The highest BCUT2D eigenvalue weighted by Gasteiger charge is 2.08. The highest BCUT2D eigenvalue weighted by atomic mass is 32.2. The quantitative estimate of drug-likeness (QED) is 0.638. The lowest BCUT2D eigenvalue weighted by atomic mass is 10.1. The molecule has 0 saturated carbocycles. The molecule has 6 heteroatoms. The molecule has 0 radical (unpaired) electrons. The molecule has 0 aliphatic heterocycles. The average molecular weight is 387 g/mol. The zero-order valence-electron chi connectivity index (χ0n) is 16.0. The standard InChI is InChI=1S/C21H26N2O3S/c1-4-27-14-16-8-10-17(11-9-16)20(24)22-18-6-5-7-19(12-18)23-21(25)26-13-15(2)3/h5-12,15H,4,13-14H2,1-3H3,(H,22,24)(H,23,25). The first-order valence-electron chi connectivity index (χ1n) is 8.99. The predicted molar refractivity (Wildman–Crippen MR) is 112 cm³/mol. The zero-order chi connectivity index (χ0) is 19.6. The van der Waals surface area contributed by atoms with E-state index in [4.69, 9.17) is 4.74 Å². The largest absolute Gasteiger partial charge is 0.449 e. The van der Waals surface area contributed by atoms with E-state index in [2.05, 4.69) is 17.6 Å². The van der Waals surface area contributed by atoms with Crippen LogP contribution in [-0.2, 0) is 10.5 Å². The van der Waals surface area contributed by atoms with E-state index in [1.165, 1.54) is 5.56 Å². The Bertz CT molecular complexity index is 760. The number of carbonyl (C=O) groups excluding carboxylic acids is 2. The number of thioether (sulfide) groups is 1. The lowest BCUT2D eigenvalue weighted by molar-refractivity contribution is 0.102. The predicted octanol–water partition coefficient (Wildman–Crippen LogP) is 5.40. The lowest BCUT2D eigenvalue weighted by Crippen LogP contribution is -2.17. The number of benzene rings is 2. The molecule has 0 aromatic heterocycles. The summed E-state index contributed by atoms with van der Waals surface area (Å²) in [6, 6.07) is 14.6. The van der Waals surface area contributed by atoms with Crippen molar-refractivity contribution in [2.45, 2.75) is 26.5 Å². The second kappa shape index (κ2) is 10.6. The minimum Gasteiger partial charge on any atom is -0.449 e. The molecule has 0 saturated heterocycles. The number of hydrogen-bond acceptors (Lipinski definition) is 4. The van der Waals surface area contributed by atoms with Crippen molar-refractivity contribution < 1.29 is 14.3 Å². The molecule has 0 spiro atoms. The Morgan fingerprint density at radius 1 is 1.04 bits per heavy atom. The molecule has 2 aromatic rings. The fraction of sp³-hybridized carbons (Fsp3) is 0.333. The van der Waals surface area contributed by atoms with Crippen LogP contribution in [0.1, 0.15) is 36.7 Å². The van der Waals surface area contributed by atoms with Gasteiger partial charge in [-0.25, -0.2) is 4.79 Å². The van der Waals surface area contributed by atoms with Crippen LogP contribution in [0, 0.1) is 5.92 Å². The summed E-state index contributed by atoms with van der Waals surface area (Å²) in [4.78, 5) is 24.2. The Kier molecular flexibility index (Phi) is 8.20. The van der Waals surface area contributed by atoms with E-state index in [0.717, 1.165) is 11.5 Å². The van der Waals surface area contributed by atoms with Crippen molar-refractivity contribution in [2.75, 3.05) is 23.0 Å². The van der Waals surface area contributed by atoms with Crippen LogP contribution >= 0.6 is 11.8 Å². The number of rotatable bonds is 8. The summed E-state index contributed by atoms with van der Waals surface area (Å²) in [7, 11) is 0. The summed E-state index contributed by atoms with van der Waals surface area (Å²) in [5.41, 5.74) is 2.96.